The quantitative estimate of drug-likeness (QED) is 0.437. The average molecular weight is 471 g/mol. The van der Waals surface area contributed by atoms with Crippen LogP contribution in [0.4, 0.5) is 23.2 Å². The first-order valence-electron chi connectivity index (χ1n) is 11.6. The van der Waals surface area contributed by atoms with Crippen LogP contribution in [0.1, 0.15) is 49.8 Å². The zero-order valence-corrected chi connectivity index (χ0v) is 18.6. The predicted molar refractivity (Wildman–Crippen MR) is 120 cm³/mol. The summed E-state index contributed by atoms with van der Waals surface area (Å²) >= 11 is 0. The van der Waals surface area contributed by atoms with E-state index in [0.29, 0.717) is 17.8 Å². The Morgan fingerprint density at radius 1 is 1.03 bits per heavy atom. The molecular weight excluding hydrogens is 446 g/mol. The fourth-order valence-corrected chi connectivity index (χ4v) is 5.93. The zero-order chi connectivity index (χ0) is 24.0. The largest absolute Gasteiger partial charge is 0.433 e. The summed E-state index contributed by atoms with van der Waals surface area (Å²) in [5.41, 5.74) is 1.23. The topological polar surface area (TPSA) is 54.9 Å². The number of pyridine rings is 2. The van der Waals surface area contributed by atoms with Crippen LogP contribution >= 0.6 is 0 Å². The molecule has 3 atom stereocenters. The van der Waals surface area contributed by atoms with Crippen LogP contribution in [0.15, 0.2) is 48.8 Å². The number of carbonyl (C=O) groups is 1. The molecule has 1 N–H and O–H groups in total. The van der Waals surface area contributed by atoms with Crippen molar-refractivity contribution < 1.29 is 22.4 Å². The van der Waals surface area contributed by atoms with Gasteiger partial charge in [0.25, 0.3) is 0 Å². The zero-order valence-electron chi connectivity index (χ0n) is 18.6. The van der Waals surface area contributed by atoms with Crippen molar-refractivity contribution in [2.24, 2.45) is 23.7 Å². The number of halogens is 4. The summed E-state index contributed by atoms with van der Waals surface area (Å²) in [4.78, 5) is 20.5. The predicted octanol–water partition coefficient (Wildman–Crippen LogP) is 6.58. The maximum Gasteiger partial charge on any atom is 0.433 e. The van der Waals surface area contributed by atoms with E-state index in [9.17, 15) is 22.4 Å². The second-order valence-electron chi connectivity index (χ2n) is 9.69. The Balaban J connectivity index is 1.21. The van der Waals surface area contributed by atoms with Crippen LogP contribution in [0.25, 0.3) is 10.9 Å². The van der Waals surface area contributed by atoms with E-state index in [1.165, 1.54) is 12.1 Å². The number of nitrogens with zero attached hydrogens (tertiary/aromatic N) is 2. The number of rotatable bonds is 4. The Labute approximate surface area is 194 Å². The molecule has 5 rings (SSSR count). The van der Waals surface area contributed by atoms with Gasteiger partial charge in [0.05, 0.1) is 17.4 Å². The molecular formula is C26H25F4N3O. The van der Waals surface area contributed by atoms with Gasteiger partial charge in [-0.05, 0) is 91.3 Å². The van der Waals surface area contributed by atoms with Gasteiger partial charge in [-0.2, -0.15) is 13.2 Å². The molecule has 1 amide bonds. The molecule has 178 valence electrons. The second-order valence-corrected chi connectivity index (χ2v) is 9.69. The highest BCUT2D eigenvalue weighted by molar-refractivity contribution is 5.92. The normalized spacial score (nSPS) is 25.3. The van der Waals surface area contributed by atoms with Gasteiger partial charge in [0, 0.05) is 17.5 Å². The van der Waals surface area contributed by atoms with Gasteiger partial charge in [-0.25, -0.2) is 9.37 Å². The first kappa shape index (κ1) is 22.7. The van der Waals surface area contributed by atoms with Crippen LogP contribution in [0.3, 0.4) is 0 Å². The first-order chi connectivity index (χ1) is 16.2. The number of amides is 1. The lowest BCUT2D eigenvalue weighted by atomic mass is 9.86. The molecule has 34 heavy (non-hydrogen) atoms. The summed E-state index contributed by atoms with van der Waals surface area (Å²) in [6.45, 7) is 1.88. The van der Waals surface area contributed by atoms with Crippen LogP contribution in [0.5, 0.6) is 0 Å². The van der Waals surface area contributed by atoms with Crippen LogP contribution in [0, 0.1) is 29.5 Å². The van der Waals surface area contributed by atoms with Gasteiger partial charge in [0.2, 0.25) is 5.91 Å². The standard InChI is InChI=1S/C26H25F4N3O/c1-14(25(34)33-20-3-5-24(32-13-20)26(28,29)30)15-8-16-10-18(11-17(16)9-15)21-6-7-31-23-4-2-19(27)12-22(21)23/h2-7,12-18H,8-11H2,1H3,(H,33,34). The second kappa shape index (κ2) is 8.64. The third-order valence-corrected chi connectivity index (χ3v) is 7.67. The molecule has 2 heterocycles. The van der Waals surface area contributed by atoms with Crippen LogP contribution in [0.2, 0.25) is 0 Å². The lowest BCUT2D eigenvalue weighted by Crippen LogP contribution is -2.26. The number of hydrogen-bond acceptors (Lipinski definition) is 3. The minimum Gasteiger partial charge on any atom is -0.324 e. The van der Waals surface area contributed by atoms with Crippen LogP contribution < -0.4 is 5.32 Å². The van der Waals surface area contributed by atoms with Crippen molar-refractivity contribution in [2.75, 3.05) is 5.32 Å². The number of nitrogens with one attached hydrogen (secondary N) is 1. The lowest BCUT2D eigenvalue weighted by Gasteiger charge is -2.21. The maximum atomic E-state index is 13.9. The highest BCUT2D eigenvalue weighted by atomic mass is 19.4. The molecule has 2 saturated carbocycles. The number of aromatic nitrogens is 2. The molecule has 3 unspecified atom stereocenters. The Bertz CT molecular complexity index is 1200. The third-order valence-electron chi connectivity index (χ3n) is 7.67. The van der Waals surface area contributed by atoms with Crippen molar-refractivity contribution in [3.8, 4) is 0 Å². The SMILES string of the molecule is CC(C(=O)Nc1ccc(C(F)(F)F)nc1)C1CC2CC(c3ccnc4ccc(F)cc34)CC2C1. The third kappa shape index (κ3) is 4.38. The number of benzene rings is 1. The fraction of sp³-hybridized carbons (Fsp3) is 0.423. The van der Waals surface area contributed by atoms with Gasteiger partial charge in [0.15, 0.2) is 0 Å². The summed E-state index contributed by atoms with van der Waals surface area (Å²) in [6.07, 6.45) is 2.23. The maximum absolute atomic E-state index is 13.9. The van der Waals surface area contributed by atoms with Crippen molar-refractivity contribution in [3.63, 3.8) is 0 Å². The minimum atomic E-state index is -4.51. The first-order valence-corrected chi connectivity index (χ1v) is 11.6. The minimum absolute atomic E-state index is 0.196. The van der Waals surface area contributed by atoms with E-state index >= 15 is 0 Å². The highest BCUT2D eigenvalue weighted by Crippen LogP contribution is 2.54. The molecule has 8 heteroatoms. The van der Waals surface area contributed by atoms with Crippen molar-refractivity contribution in [2.45, 2.75) is 44.7 Å². The van der Waals surface area contributed by atoms with Crippen molar-refractivity contribution >= 4 is 22.5 Å². The lowest BCUT2D eigenvalue weighted by molar-refractivity contribution is -0.141. The fourth-order valence-electron chi connectivity index (χ4n) is 5.93. The van der Waals surface area contributed by atoms with Crippen LogP contribution in [-0.2, 0) is 11.0 Å². The molecule has 1 aromatic carbocycles. The van der Waals surface area contributed by atoms with Crippen molar-refractivity contribution in [1.29, 1.82) is 0 Å². The smallest absolute Gasteiger partial charge is 0.324 e. The van der Waals surface area contributed by atoms with Gasteiger partial charge in [0.1, 0.15) is 11.5 Å². The van der Waals surface area contributed by atoms with Crippen LogP contribution in [-0.4, -0.2) is 15.9 Å². The summed E-state index contributed by atoms with van der Waals surface area (Å²) in [5, 5.41) is 3.59. The van der Waals surface area contributed by atoms with Crippen molar-refractivity contribution in [1.82, 2.24) is 9.97 Å². The average Bonchev–Trinajstić information content (AvgIpc) is 3.37. The van der Waals surface area contributed by atoms with E-state index in [4.69, 9.17) is 0 Å². The van der Waals surface area contributed by atoms with E-state index < -0.39 is 11.9 Å². The van der Waals surface area contributed by atoms with Gasteiger partial charge in [-0.15, -0.1) is 0 Å². The van der Waals surface area contributed by atoms with Gasteiger partial charge in [-0.1, -0.05) is 6.92 Å². The summed E-state index contributed by atoms with van der Waals surface area (Å²) < 4.78 is 51.9. The molecule has 3 aromatic rings. The monoisotopic (exact) mass is 471 g/mol. The number of fused-ring (bicyclic) bond motifs is 2. The molecule has 2 aliphatic carbocycles. The molecule has 0 saturated heterocycles. The molecule has 0 spiro atoms. The summed E-state index contributed by atoms with van der Waals surface area (Å²) in [5.74, 6) is 0.893. The van der Waals surface area contributed by atoms with Gasteiger partial charge in [-0.3, -0.25) is 9.78 Å². The Morgan fingerprint density at radius 2 is 1.76 bits per heavy atom. The van der Waals surface area contributed by atoms with E-state index in [0.717, 1.165) is 54.4 Å². The van der Waals surface area contributed by atoms with E-state index in [-0.39, 0.29) is 29.2 Å². The number of anilines is 1. The highest BCUT2D eigenvalue weighted by Gasteiger charge is 2.44. The Morgan fingerprint density at radius 3 is 2.41 bits per heavy atom. The molecule has 2 aromatic heterocycles. The number of hydrogen-bond donors (Lipinski definition) is 1. The Hall–Kier alpha value is -3.03. The molecule has 4 nitrogen and oxygen atoms in total. The number of carbonyl (C=O) groups excluding carboxylic acids is 1. The van der Waals surface area contributed by atoms with Crippen molar-refractivity contribution in [3.05, 3.63) is 65.9 Å². The van der Waals surface area contributed by atoms with Gasteiger partial charge < -0.3 is 5.32 Å². The van der Waals surface area contributed by atoms with Gasteiger partial charge >= 0.3 is 6.18 Å². The molecule has 2 fully saturated rings. The molecule has 0 bridgehead atoms. The molecule has 2 aliphatic rings. The van der Waals surface area contributed by atoms with E-state index in [1.54, 1.807) is 18.3 Å². The summed E-state index contributed by atoms with van der Waals surface area (Å²) in [7, 11) is 0. The van der Waals surface area contributed by atoms with E-state index in [2.05, 4.69) is 15.3 Å². The molecule has 0 aliphatic heterocycles. The Kier molecular flexibility index (Phi) is 5.78. The number of alkyl halides is 3. The summed E-state index contributed by atoms with van der Waals surface area (Å²) in [6, 6.07) is 8.81. The van der Waals surface area contributed by atoms with E-state index in [1.807, 2.05) is 13.0 Å². The molecule has 0 radical (unpaired) electrons.